The van der Waals surface area contributed by atoms with Gasteiger partial charge in [-0.3, -0.25) is 4.79 Å². The first-order valence-electron chi connectivity index (χ1n) is 6.20. The van der Waals surface area contributed by atoms with Gasteiger partial charge in [0.15, 0.2) is 0 Å². The Morgan fingerprint density at radius 3 is 1.86 bits per heavy atom. The van der Waals surface area contributed by atoms with E-state index in [-0.39, 0.29) is 19.2 Å². The number of amides is 1. The quantitative estimate of drug-likeness (QED) is 0.594. The number of carbonyl (C=O) groups is 1. The maximum absolute atomic E-state index is 12.7. The van der Waals surface area contributed by atoms with Gasteiger partial charge in [0.1, 0.15) is 0 Å². The third kappa shape index (κ3) is 4.25. The number of halogens is 6. The fraction of sp³-hybridized carbons (Fsp3) is 0.357. The van der Waals surface area contributed by atoms with Crippen molar-refractivity contribution in [1.29, 1.82) is 0 Å². The van der Waals surface area contributed by atoms with Crippen molar-refractivity contribution in [2.24, 2.45) is 0 Å². The van der Waals surface area contributed by atoms with Gasteiger partial charge in [0.2, 0.25) is 0 Å². The summed E-state index contributed by atoms with van der Waals surface area (Å²) in [4.78, 5) is 13.2. The van der Waals surface area contributed by atoms with Crippen LogP contribution in [-0.4, -0.2) is 23.9 Å². The number of hydrogen-bond acceptors (Lipinski definition) is 1. The number of likely N-dealkylation sites (N-methyl/N-ethyl adjacent to an activating group) is 1. The van der Waals surface area contributed by atoms with Crippen LogP contribution in [0.1, 0.15) is 28.4 Å². The second kappa shape index (κ2) is 6.41. The molecule has 0 aliphatic carbocycles. The van der Waals surface area contributed by atoms with Gasteiger partial charge in [-0.05, 0) is 25.1 Å². The Morgan fingerprint density at radius 2 is 1.55 bits per heavy atom. The Labute approximate surface area is 123 Å². The predicted molar refractivity (Wildman–Crippen MR) is 68.2 cm³/mol. The maximum Gasteiger partial charge on any atom is 0.416 e. The molecular formula is C14H13F6NO. The molecule has 0 aliphatic heterocycles. The van der Waals surface area contributed by atoms with Crippen molar-refractivity contribution in [1.82, 2.24) is 4.90 Å². The zero-order valence-electron chi connectivity index (χ0n) is 11.6. The van der Waals surface area contributed by atoms with Crippen LogP contribution in [-0.2, 0) is 12.4 Å². The lowest BCUT2D eigenvalue weighted by molar-refractivity contribution is -0.143. The first-order valence-corrected chi connectivity index (χ1v) is 6.20. The van der Waals surface area contributed by atoms with Crippen molar-refractivity contribution in [3.8, 4) is 0 Å². The highest BCUT2D eigenvalue weighted by atomic mass is 19.4. The van der Waals surface area contributed by atoms with E-state index in [1.807, 2.05) is 0 Å². The SMILES string of the molecule is C=CCN(CC)C(=O)c1cc(C(F)(F)F)cc(C(F)(F)F)c1. The van der Waals surface area contributed by atoms with Gasteiger partial charge in [0, 0.05) is 18.7 Å². The second-order valence-corrected chi connectivity index (χ2v) is 4.43. The molecule has 1 aromatic rings. The van der Waals surface area contributed by atoms with Gasteiger partial charge in [-0.25, -0.2) is 0 Å². The van der Waals surface area contributed by atoms with E-state index < -0.39 is 35.0 Å². The van der Waals surface area contributed by atoms with Crippen molar-refractivity contribution < 1.29 is 31.1 Å². The molecule has 0 spiro atoms. The van der Waals surface area contributed by atoms with E-state index in [9.17, 15) is 31.1 Å². The third-order valence-electron chi connectivity index (χ3n) is 2.85. The first-order chi connectivity index (χ1) is 10.0. The van der Waals surface area contributed by atoms with Crippen molar-refractivity contribution in [3.63, 3.8) is 0 Å². The molecule has 0 atom stereocenters. The Bertz CT molecular complexity index is 529. The predicted octanol–water partition coefficient (Wildman–Crippen LogP) is 4.37. The monoisotopic (exact) mass is 325 g/mol. The van der Waals surface area contributed by atoms with Crippen molar-refractivity contribution >= 4 is 5.91 Å². The van der Waals surface area contributed by atoms with E-state index in [4.69, 9.17) is 0 Å². The summed E-state index contributed by atoms with van der Waals surface area (Å²) in [7, 11) is 0. The number of nitrogens with zero attached hydrogens (tertiary/aromatic N) is 1. The Balaban J connectivity index is 3.41. The minimum Gasteiger partial charge on any atom is -0.335 e. The molecule has 0 aromatic heterocycles. The van der Waals surface area contributed by atoms with Crippen LogP contribution in [0.15, 0.2) is 30.9 Å². The molecule has 0 saturated carbocycles. The summed E-state index contributed by atoms with van der Waals surface area (Å²) in [5.74, 6) is -0.918. The molecule has 0 bridgehead atoms. The normalized spacial score (nSPS) is 12.1. The molecule has 0 unspecified atom stereocenters. The lowest BCUT2D eigenvalue weighted by atomic mass is 10.0. The van der Waals surface area contributed by atoms with E-state index in [0.717, 1.165) is 4.90 Å². The summed E-state index contributed by atoms with van der Waals surface area (Å²) < 4.78 is 76.3. The zero-order chi connectivity index (χ0) is 17.1. The largest absolute Gasteiger partial charge is 0.416 e. The van der Waals surface area contributed by atoms with E-state index in [1.54, 1.807) is 6.92 Å². The molecule has 0 heterocycles. The maximum atomic E-state index is 12.7. The van der Waals surface area contributed by atoms with E-state index in [0.29, 0.717) is 12.1 Å². The van der Waals surface area contributed by atoms with Crippen LogP contribution in [0.2, 0.25) is 0 Å². The highest BCUT2D eigenvalue weighted by molar-refractivity contribution is 5.94. The molecule has 1 amide bonds. The number of hydrogen-bond donors (Lipinski definition) is 0. The minimum absolute atomic E-state index is 0.0133. The summed E-state index contributed by atoms with van der Waals surface area (Å²) in [6.07, 6.45) is -8.63. The smallest absolute Gasteiger partial charge is 0.335 e. The standard InChI is InChI=1S/C14H13F6NO/c1-3-5-21(4-2)12(22)9-6-10(13(15,16)17)8-11(7-9)14(18,19)20/h3,6-8H,1,4-5H2,2H3. The minimum atomic E-state index is -4.98. The molecule has 8 heteroatoms. The number of alkyl halides is 6. The van der Waals surface area contributed by atoms with Crippen molar-refractivity contribution in [2.45, 2.75) is 19.3 Å². The Kier molecular flexibility index (Phi) is 5.26. The summed E-state index contributed by atoms with van der Waals surface area (Å²) in [5.41, 5.74) is -3.69. The summed E-state index contributed by atoms with van der Waals surface area (Å²) in [6.45, 7) is 5.09. The fourth-order valence-corrected chi connectivity index (χ4v) is 1.77. The molecule has 1 rings (SSSR count). The van der Waals surface area contributed by atoms with Crippen molar-refractivity contribution in [3.05, 3.63) is 47.5 Å². The number of benzene rings is 1. The van der Waals surface area contributed by atoms with Gasteiger partial charge in [0.25, 0.3) is 5.91 Å². The summed E-state index contributed by atoms with van der Waals surface area (Å²) >= 11 is 0. The van der Waals surface area contributed by atoms with Crippen LogP contribution in [0.25, 0.3) is 0 Å². The van der Waals surface area contributed by atoms with Crippen LogP contribution >= 0.6 is 0 Å². The number of rotatable bonds is 4. The number of carbonyl (C=O) groups excluding carboxylic acids is 1. The van der Waals surface area contributed by atoms with Crippen LogP contribution < -0.4 is 0 Å². The molecule has 0 aliphatic rings. The molecule has 0 fully saturated rings. The van der Waals surface area contributed by atoms with E-state index in [1.165, 1.54) is 6.08 Å². The third-order valence-corrected chi connectivity index (χ3v) is 2.85. The van der Waals surface area contributed by atoms with Gasteiger partial charge in [-0.2, -0.15) is 26.3 Å². The molecule has 1 aromatic carbocycles. The molecule has 122 valence electrons. The van der Waals surface area contributed by atoms with Crippen LogP contribution in [0.5, 0.6) is 0 Å². The van der Waals surface area contributed by atoms with E-state index in [2.05, 4.69) is 6.58 Å². The lowest BCUT2D eigenvalue weighted by Crippen LogP contribution is -2.31. The molecular weight excluding hydrogens is 312 g/mol. The Hall–Kier alpha value is -1.99. The van der Waals surface area contributed by atoms with Gasteiger partial charge in [-0.15, -0.1) is 6.58 Å². The highest BCUT2D eigenvalue weighted by Gasteiger charge is 2.37. The summed E-state index contributed by atoms with van der Waals surface area (Å²) in [5, 5.41) is 0. The van der Waals surface area contributed by atoms with Crippen molar-refractivity contribution in [2.75, 3.05) is 13.1 Å². The first kappa shape index (κ1) is 18.1. The topological polar surface area (TPSA) is 20.3 Å². The second-order valence-electron chi connectivity index (χ2n) is 4.43. The van der Waals surface area contributed by atoms with Gasteiger partial charge >= 0.3 is 12.4 Å². The molecule has 0 saturated heterocycles. The summed E-state index contributed by atoms with van der Waals surface area (Å²) in [6, 6.07) is 0.827. The highest BCUT2D eigenvalue weighted by Crippen LogP contribution is 2.36. The zero-order valence-corrected chi connectivity index (χ0v) is 11.6. The lowest BCUT2D eigenvalue weighted by Gasteiger charge is -2.20. The Morgan fingerprint density at radius 1 is 1.09 bits per heavy atom. The average Bonchev–Trinajstić information content (AvgIpc) is 2.41. The van der Waals surface area contributed by atoms with Crippen LogP contribution in [0, 0.1) is 0 Å². The molecule has 0 radical (unpaired) electrons. The average molecular weight is 325 g/mol. The van der Waals surface area contributed by atoms with Crippen LogP contribution in [0.4, 0.5) is 26.3 Å². The fourth-order valence-electron chi connectivity index (χ4n) is 1.77. The van der Waals surface area contributed by atoms with Gasteiger partial charge in [-0.1, -0.05) is 6.08 Å². The molecule has 0 N–H and O–H groups in total. The van der Waals surface area contributed by atoms with Gasteiger partial charge < -0.3 is 4.90 Å². The molecule has 22 heavy (non-hydrogen) atoms. The molecule has 2 nitrogen and oxygen atoms in total. The van der Waals surface area contributed by atoms with E-state index >= 15 is 0 Å². The van der Waals surface area contributed by atoms with Gasteiger partial charge in [0.05, 0.1) is 11.1 Å². The van der Waals surface area contributed by atoms with Crippen LogP contribution in [0.3, 0.4) is 0 Å².